The molecule has 0 aliphatic carbocycles. The molecular formula is C48H48N2O13. The van der Waals surface area contributed by atoms with Crippen LogP contribution in [-0.2, 0) is 51.0 Å². The SMILES string of the molecule is COC(=O)C(=Cc1ccc(OCCc2nc(-c3ccccc3)oc2C)cc1)C(=O)OC.COC(=O)CC(=O)OC.Cc1oc(-c2ccccc2)nc1CCOc1ccc(C=O)cc1. The summed E-state index contributed by atoms with van der Waals surface area (Å²) < 4.78 is 40.6. The highest BCUT2D eigenvalue weighted by Gasteiger charge is 2.20. The molecule has 0 saturated carbocycles. The molecule has 15 heteroatoms. The molecule has 0 aliphatic rings. The molecule has 0 saturated heterocycles. The number of aromatic nitrogens is 2. The van der Waals surface area contributed by atoms with Gasteiger partial charge in [0.05, 0.1) is 53.0 Å². The lowest BCUT2D eigenvalue weighted by molar-refractivity contribution is -0.151. The summed E-state index contributed by atoms with van der Waals surface area (Å²) in [6.45, 7) is 4.72. The fraction of sp³-hybridized carbons (Fsp3) is 0.229. The summed E-state index contributed by atoms with van der Waals surface area (Å²) in [6.07, 6.45) is 3.17. The van der Waals surface area contributed by atoms with E-state index < -0.39 is 23.9 Å². The predicted molar refractivity (Wildman–Crippen MR) is 231 cm³/mol. The predicted octanol–water partition coefficient (Wildman–Crippen LogP) is 7.81. The van der Waals surface area contributed by atoms with Crippen molar-refractivity contribution in [2.75, 3.05) is 41.7 Å². The molecule has 0 amide bonds. The number of nitrogens with zero attached hydrogens (tertiary/aromatic N) is 2. The maximum atomic E-state index is 11.7. The van der Waals surface area contributed by atoms with Gasteiger partial charge in [-0.3, -0.25) is 14.4 Å². The Morgan fingerprint density at radius 3 is 1.30 bits per heavy atom. The van der Waals surface area contributed by atoms with Crippen molar-refractivity contribution in [1.82, 2.24) is 9.97 Å². The molecule has 328 valence electrons. The van der Waals surface area contributed by atoms with Crippen LogP contribution in [0.4, 0.5) is 0 Å². The molecular weight excluding hydrogens is 813 g/mol. The van der Waals surface area contributed by atoms with E-state index in [-0.39, 0.29) is 12.0 Å². The summed E-state index contributed by atoms with van der Waals surface area (Å²) >= 11 is 0. The van der Waals surface area contributed by atoms with Gasteiger partial charge in [0.1, 0.15) is 41.3 Å². The average Bonchev–Trinajstić information content (AvgIpc) is 3.89. The molecule has 0 radical (unpaired) electrons. The van der Waals surface area contributed by atoms with Gasteiger partial charge in [0.25, 0.3) is 0 Å². The Labute approximate surface area is 364 Å². The molecule has 0 bridgehead atoms. The lowest BCUT2D eigenvalue weighted by atomic mass is 10.1. The van der Waals surface area contributed by atoms with Gasteiger partial charge in [-0.1, -0.05) is 48.5 Å². The third-order valence-electron chi connectivity index (χ3n) is 8.80. The number of carbonyl (C=O) groups excluding carboxylic acids is 5. The van der Waals surface area contributed by atoms with Gasteiger partial charge in [0, 0.05) is 29.5 Å². The van der Waals surface area contributed by atoms with Crippen LogP contribution in [0, 0.1) is 13.8 Å². The van der Waals surface area contributed by atoms with Gasteiger partial charge >= 0.3 is 23.9 Å². The number of methoxy groups -OCH3 is 4. The molecule has 6 rings (SSSR count). The van der Waals surface area contributed by atoms with Gasteiger partial charge in [-0.15, -0.1) is 0 Å². The van der Waals surface area contributed by atoms with Crippen molar-refractivity contribution in [3.05, 3.63) is 149 Å². The van der Waals surface area contributed by atoms with Crippen LogP contribution >= 0.6 is 0 Å². The normalized spacial score (nSPS) is 10.1. The van der Waals surface area contributed by atoms with E-state index in [9.17, 15) is 24.0 Å². The third kappa shape index (κ3) is 15.3. The number of ether oxygens (including phenoxy) is 6. The molecule has 0 N–H and O–H groups in total. The van der Waals surface area contributed by atoms with Gasteiger partial charge in [-0.05, 0) is 86.2 Å². The highest BCUT2D eigenvalue weighted by Crippen LogP contribution is 2.24. The van der Waals surface area contributed by atoms with E-state index in [1.807, 2.05) is 74.5 Å². The van der Waals surface area contributed by atoms with Crippen LogP contribution in [0.5, 0.6) is 11.5 Å². The summed E-state index contributed by atoms with van der Waals surface area (Å²) in [6, 6.07) is 33.6. The highest BCUT2D eigenvalue weighted by molar-refractivity contribution is 6.17. The molecule has 0 fully saturated rings. The van der Waals surface area contributed by atoms with Crippen LogP contribution in [0.3, 0.4) is 0 Å². The van der Waals surface area contributed by atoms with Crippen molar-refractivity contribution >= 4 is 36.2 Å². The number of esters is 4. The monoisotopic (exact) mass is 860 g/mol. The summed E-state index contributed by atoms with van der Waals surface area (Å²) in [4.78, 5) is 63.7. The molecule has 2 aromatic heterocycles. The summed E-state index contributed by atoms with van der Waals surface area (Å²) in [7, 11) is 4.83. The minimum absolute atomic E-state index is 0.186. The molecule has 0 spiro atoms. The number of carbonyl (C=O) groups is 5. The topological polar surface area (TPSA) is 193 Å². The molecule has 15 nitrogen and oxygen atoms in total. The average molecular weight is 861 g/mol. The van der Waals surface area contributed by atoms with E-state index in [1.165, 1.54) is 34.5 Å². The minimum atomic E-state index is -0.759. The summed E-state index contributed by atoms with van der Waals surface area (Å²) in [5, 5.41) is 0. The van der Waals surface area contributed by atoms with Gasteiger partial charge in [0.2, 0.25) is 11.8 Å². The van der Waals surface area contributed by atoms with Crippen LogP contribution in [0.25, 0.3) is 29.0 Å². The number of oxazole rings is 2. The number of hydrogen-bond acceptors (Lipinski definition) is 15. The number of hydrogen-bond donors (Lipinski definition) is 0. The second kappa shape index (κ2) is 25.1. The maximum Gasteiger partial charge on any atom is 0.345 e. The van der Waals surface area contributed by atoms with Gasteiger partial charge < -0.3 is 37.3 Å². The first-order chi connectivity index (χ1) is 30.5. The Bertz CT molecular complexity index is 2390. The zero-order valence-electron chi connectivity index (χ0n) is 35.8. The summed E-state index contributed by atoms with van der Waals surface area (Å²) in [5.41, 5.74) is 4.73. The Balaban J connectivity index is 0.000000238. The first-order valence-electron chi connectivity index (χ1n) is 19.4. The minimum Gasteiger partial charge on any atom is -0.493 e. The number of aldehydes is 1. The van der Waals surface area contributed by atoms with Gasteiger partial charge in [0.15, 0.2) is 0 Å². The van der Waals surface area contributed by atoms with Crippen molar-refractivity contribution < 1.29 is 61.2 Å². The van der Waals surface area contributed by atoms with Crippen LogP contribution in [0.2, 0.25) is 0 Å². The van der Waals surface area contributed by atoms with E-state index in [0.29, 0.717) is 54.7 Å². The molecule has 0 aliphatic heterocycles. The first-order valence-corrected chi connectivity index (χ1v) is 19.4. The molecule has 63 heavy (non-hydrogen) atoms. The van der Waals surface area contributed by atoms with Crippen LogP contribution in [0.1, 0.15) is 45.3 Å². The van der Waals surface area contributed by atoms with Gasteiger partial charge in [-0.25, -0.2) is 19.6 Å². The Hall–Kier alpha value is -7.81. The lowest BCUT2D eigenvalue weighted by Crippen LogP contribution is -2.15. The van der Waals surface area contributed by atoms with E-state index in [2.05, 4.69) is 28.9 Å². The van der Waals surface area contributed by atoms with Crippen molar-refractivity contribution in [3.63, 3.8) is 0 Å². The quantitative estimate of drug-likeness (QED) is 0.0228. The first kappa shape index (κ1) is 47.9. The standard InChI is InChI=1S/C24H23NO6.C19H17NO3.C5H8O4/c1-16-21(25-22(31-16)18-7-5-4-6-8-18)13-14-30-19-11-9-17(10-12-19)15-20(23(26)28-2)24(27)29-3;1-14-18(20-19(23-14)16-5-3-2-4-6-16)11-12-22-17-9-7-15(13-21)8-10-17;1-8-4(6)3-5(7)9-2/h4-12,15H,13-14H2,1-3H3;2-10,13H,11-12H2,1H3;3H2,1-2H3. The molecule has 0 atom stereocenters. The number of rotatable bonds is 16. The van der Waals surface area contributed by atoms with E-state index in [4.69, 9.17) is 18.3 Å². The Morgan fingerprint density at radius 1 is 0.540 bits per heavy atom. The van der Waals surface area contributed by atoms with E-state index in [0.717, 1.165) is 46.1 Å². The number of benzene rings is 4. The lowest BCUT2D eigenvalue weighted by Gasteiger charge is -2.06. The van der Waals surface area contributed by atoms with Crippen LogP contribution in [-0.4, -0.2) is 81.8 Å². The van der Waals surface area contributed by atoms with E-state index in [1.54, 1.807) is 48.5 Å². The smallest absolute Gasteiger partial charge is 0.345 e. The van der Waals surface area contributed by atoms with Crippen LogP contribution < -0.4 is 9.47 Å². The molecule has 0 unspecified atom stereocenters. The Morgan fingerprint density at radius 2 is 0.937 bits per heavy atom. The molecule has 4 aromatic carbocycles. The fourth-order valence-corrected chi connectivity index (χ4v) is 5.41. The fourth-order valence-electron chi connectivity index (χ4n) is 5.41. The molecule has 6 aromatic rings. The van der Waals surface area contributed by atoms with Crippen molar-refractivity contribution in [2.24, 2.45) is 0 Å². The third-order valence-corrected chi connectivity index (χ3v) is 8.80. The Kier molecular flexibility index (Phi) is 19.1. The zero-order valence-corrected chi connectivity index (χ0v) is 35.8. The van der Waals surface area contributed by atoms with Crippen molar-refractivity contribution in [2.45, 2.75) is 33.1 Å². The zero-order chi connectivity index (χ0) is 45.6. The molecule has 2 heterocycles. The number of aryl methyl sites for hydroxylation is 2. The summed E-state index contributed by atoms with van der Waals surface area (Å²) in [5.74, 6) is 1.51. The van der Waals surface area contributed by atoms with Crippen molar-refractivity contribution in [3.8, 4) is 34.4 Å². The van der Waals surface area contributed by atoms with E-state index >= 15 is 0 Å². The maximum absolute atomic E-state index is 11.7. The van der Waals surface area contributed by atoms with Crippen molar-refractivity contribution in [1.29, 1.82) is 0 Å². The second-order valence-electron chi connectivity index (χ2n) is 13.1. The highest BCUT2D eigenvalue weighted by atomic mass is 16.5. The van der Waals surface area contributed by atoms with Crippen LogP contribution in [0.15, 0.2) is 124 Å². The second-order valence-corrected chi connectivity index (χ2v) is 13.1. The largest absolute Gasteiger partial charge is 0.493 e. The van der Waals surface area contributed by atoms with Gasteiger partial charge in [-0.2, -0.15) is 0 Å².